The van der Waals surface area contributed by atoms with Gasteiger partial charge in [0.15, 0.2) is 0 Å². The molecule has 1 aromatic rings. The van der Waals surface area contributed by atoms with Crippen LogP contribution in [-0.4, -0.2) is 80.1 Å². The van der Waals surface area contributed by atoms with E-state index in [4.69, 9.17) is 4.74 Å². The molecule has 0 radical (unpaired) electrons. The number of likely N-dealkylation sites (N-methyl/N-ethyl adjacent to an activating group) is 1. The number of nitro benzene ring substituents is 1. The second-order valence-electron chi connectivity index (χ2n) is 7.21. The smallest absolute Gasteiger partial charge is 0.270 e. The quantitative estimate of drug-likeness (QED) is 0.477. The number of nitro groups is 1. The number of carbonyl (C=O) groups is 1. The number of piperidine rings is 1. The Bertz CT molecular complexity index is 851. The van der Waals surface area contributed by atoms with Gasteiger partial charge < -0.3 is 14.7 Å². The van der Waals surface area contributed by atoms with E-state index in [-0.39, 0.29) is 48.6 Å². The maximum atomic E-state index is 13.0. The minimum atomic E-state index is -3.90. The molecule has 1 unspecified atom stereocenters. The molecular weight excluding hydrogens is 402 g/mol. The number of amides is 1. The number of aryl methyl sites for hydroxylation is 1. The highest BCUT2D eigenvalue weighted by molar-refractivity contribution is 7.89. The van der Waals surface area contributed by atoms with Gasteiger partial charge in [0.2, 0.25) is 15.9 Å². The van der Waals surface area contributed by atoms with E-state index in [0.29, 0.717) is 18.4 Å². The van der Waals surface area contributed by atoms with Gasteiger partial charge in [-0.25, -0.2) is 8.42 Å². The van der Waals surface area contributed by atoms with E-state index >= 15 is 0 Å². The Hall–Kier alpha value is -2.08. The molecular formula is C18H27N3O7S. The molecule has 0 saturated carbocycles. The zero-order chi connectivity index (χ0) is 21.8. The Balaban J connectivity index is 2.06. The molecule has 1 atom stereocenters. The van der Waals surface area contributed by atoms with Crippen LogP contribution in [0.2, 0.25) is 0 Å². The third-order valence-electron chi connectivity index (χ3n) is 5.02. The van der Waals surface area contributed by atoms with Gasteiger partial charge in [0.1, 0.15) is 0 Å². The third-order valence-corrected chi connectivity index (χ3v) is 7.06. The van der Waals surface area contributed by atoms with Crippen molar-refractivity contribution in [1.82, 2.24) is 9.21 Å². The maximum absolute atomic E-state index is 13.0. The van der Waals surface area contributed by atoms with Crippen molar-refractivity contribution in [2.75, 3.05) is 40.4 Å². The molecule has 162 valence electrons. The number of aliphatic hydroxyl groups excluding tert-OH is 1. The van der Waals surface area contributed by atoms with Gasteiger partial charge in [-0.1, -0.05) is 6.07 Å². The summed E-state index contributed by atoms with van der Waals surface area (Å²) in [7, 11) is -0.840. The van der Waals surface area contributed by atoms with Crippen LogP contribution >= 0.6 is 0 Å². The molecule has 0 aromatic heterocycles. The molecule has 0 spiro atoms. The molecule has 0 aliphatic carbocycles. The van der Waals surface area contributed by atoms with Crippen molar-refractivity contribution in [3.63, 3.8) is 0 Å². The van der Waals surface area contributed by atoms with Crippen molar-refractivity contribution >= 4 is 21.6 Å². The first-order valence-electron chi connectivity index (χ1n) is 9.25. The number of hydrogen-bond donors (Lipinski definition) is 1. The van der Waals surface area contributed by atoms with Crippen LogP contribution in [0.3, 0.4) is 0 Å². The van der Waals surface area contributed by atoms with Crippen LogP contribution in [0, 0.1) is 23.0 Å². The van der Waals surface area contributed by atoms with Crippen molar-refractivity contribution in [3.05, 3.63) is 33.9 Å². The molecule has 1 aromatic carbocycles. The summed E-state index contributed by atoms with van der Waals surface area (Å²) in [4.78, 5) is 24.3. The van der Waals surface area contributed by atoms with Gasteiger partial charge >= 0.3 is 0 Å². The van der Waals surface area contributed by atoms with Crippen molar-refractivity contribution in [2.45, 2.75) is 30.8 Å². The summed E-state index contributed by atoms with van der Waals surface area (Å²) < 4.78 is 32.1. The topological polar surface area (TPSA) is 130 Å². The molecule has 11 heteroatoms. The van der Waals surface area contributed by atoms with E-state index in [2.05, 4.69) is 0 Å². The minimum absolute atomic E-state index is 0.0868. The summed E-state index contributed by atoms with van der Waals surface area (Å²) in [5.74, 6) is -0.490. The number of non-ortho nitro benzene ring substituents is 1. The van der Waals surface area contributed by atoms with Crippen molar-refractivity contribution in [3.8, 4) is 0 Å². The standard InChI is InChI=1S/C18H27N3O7S/c1-13-4-5-15(21(24)25)10-17(13)29(26,27)20-8-6-14(7-9-20)18(23)19(2)11-16(22)12-28-3/h4-5,10,14,16,22H,6-9,11-12H2,1-3H3. The van der Waals surface area contributed by atoms with Gasteiger partial charge in [-0.05, 0) is 25.3 Å². The molecule has 1 saturated heterocycles. The molecule has 0 bridgehead atoms. The number of carbonyl (C=O) groups excluding carboxylic acids is 1. The maximum Gasteiger partial charge on any atom is 0.270 e. The molecule has 1 N–H and O–H groups in total. The van der Waals surface area contributed by atoms with Crippen LogP contribution in [0.5, 0.6) is 0 Å². The monoisotopic (exact) mass is 429 g/mol. The summed E-state index contributed by atoms with van der Waals surface area (Å²) in [6, 6.07) is 3.77. The lowest BCUT2D eigenvalue weighted by atomic mass is 9.96. The lowest BCUT2D eigenvalue weighted by Gasteiger charge is -2.33. The number of ether oxygens (including phenoxy) is 1. The first kappa shape index (κ1) is 23.2. The van der Waals surface area contributed by atoms with Crippen molar-refractivity contribution in [2.24, 2.45) is 5.92 Å². The van der Waals surface area contributed by atoms with Crippen molar-refractivity contribution in [1.29, 1.82) is 0 Å². The first-order valence-corrected chi connectivity index (χ1v) is 10.7. The number of methoxy groups -OCH3 is 1. The Labute approximate surface area is 170 Å². The third kappa shape index (κ3) is 5.50. The normalized spacial score (nSPS) is 17.1. The number of benzene rings is 1. The Morgan fingerprint density at radius 2 is 2.03 bits per heavy atom. The highest BCUT2D eigenvalue weighted by atomic mass is 32.2. The fourth-order valence-corrected chi connectivity index (χ4v) is 5.14. The van der Waals surface area contributed by atoms with Crippen molar-refractivity contribution < 1.29 is 28.0 Å². The van der Waals surface area contributed by atoms with E-state index in [0.717, 1.165) is 6.07 Å². The number of hydrogen-bond acceptors (Lipinski definition) is 7. The zero-order valence-electron chi connectivity index (χ0n) is 16.8. The van der Waals surface area contributed by atoms with Gasteiger partial charge in [0, 0.05) is 51.8 Å². The Kier molecular flexibility index (Phi) is 7.69. The summed E-state index contributed by atoms with van der Waals surface area (Å²) >= 11 is 0. The molecule has 10 nitrogen and oxygen atoms in total. The summed E-state index contributed by atoms with van der Waals surface area (Å²) in [6.07, 6.45) is -0.0979. The molecule has 1 aliphatic heterocycles. The molecule has 1 fully saturated rings. The van der Waals surface area contributed by atoms with Gasteiger partial charge in [0.05, 0.1) is 22.5 Å². The zero-order valence-corrected chi connectivity index (χ0v) is 17.6. The molecule has 1 aliphatic rings. The number of sulfonamides is 1. The average molecular weight is 429 g/mol. The van der Waals surface area contributed by atoms with Gasteiger partial charge in [-0.3, -0.25) is 14.9 Å². The summed E-state index contributed by atoms with van der Waals surface area (Å²) in [6.45, 7) is 2.15. The lowest BCUT2D eigenvalue weighted by molar-refractivity contribution is -0.385. The van der Waals surface area contributed by atoms with E-state index in [1.54, 1.807) is 14.0 Å². The highest BCUT2D eigenvalue weighted by Gasteiger charge is 2.34. The number of nitrogens with zero attached hydrogens (tertiary/aromatic N) is 3. The van der Waals surface area contributed by atoms with E-state index < -0.39 is 21.1 Å². The second-order valence-corrected chi connectivity index (χ2v) is 9.12. The number of aliphatic hydroxyl groups is 1. The summed E-state index contributed by atoms with van der Waals surface area (Å²) in [5.41, 5.74) is 0.149. The summed E-state index contributed by atoms with van der Waals surface area (Å²) in [5, 5.41) is 20.8. The van der Waals surface area contributed by atoms with E-state index in [1.807, 2.05) is 0 Å². The molecule has 29 heavy (non-hydrogen) atoms. The van der Waals surface area contributed by atoms with Crippen LogP contribution in [0.4, 0.5) is 5.69 Å². The average Bonchev–Trinajstić information content (AvgIpc) is 2.67. The predicted molar refractivity (Wildman–Crippen MR) is 105 cm³/mol. The van der Waals surface area contributed by atoms with Crippen LogP contribution in [-0.2, 0) is 19.6 Å². The molecule has 1 amide bonds. The van der Waals surface area contributed by atoms with Crippen LogP contribution in [0.15, 0.2) is 23.1 Å². The van der Waals surface area contributed by atoms with Gasteiger partial charge in [0.25, 0.3) is 5.69 Å². The Morgan fingerprint density at radius 3 is 2.59 bits per heavy atom. The van der Waals surface area contributed by atoms with Crippen LogP contribution in [0.1, 0.15) is 18.4 Å². The van der Waals surface area contributed by atoms with E-state index in [9.17, 15) is 28.4 Å². The first-order chi connectivity index (χ1) is 13.6. The lowest BCUT2D eigenvalue weighted by Crippen LogP contribution is -2.45. The predicted octanol–water partition coefficient (Wildman–Crippen LogP) is 0.770. The largest absolute Gasteiger partial charge is 0.389 e. The second kappa shape index (κ2) is 9.61. The van der Waals surface area contributed by atoms with Crippen LogP contribution < -0.4 is 0 Å². The van der Waals surface area contributed by atoms with Crippen LogP contribution in [0.25, 0.3) is 0 Å². The Morgan fingerprint density at radius 1 is 1.41 bits per heavy atom. The minimum Gasteiger partial charge on any atom is -0.389 e. The highest BCUT2D eigenvalue weighted by Crippen LogP contribution is 2.28. The van der Waals surface area contributed by atoms with Gasteiger partial charge in [-0.2, -0.15) is 4.31 Å². The number of rotatable bonds is 8. The fraction of sp³-hybridized carbons (Fsp3) is 0.611. The molecule has 2 rings (SSSR count). The molecule has 1 heterocycles. The fourth-order valence-electron chi connectivity index (χ4n) is 3.43. The SMILES string of the molecule is COCC(O)CN(C)C(=O)C1CCN(S(=O)(=O)c2cc([N+](=O)[O-])ccc2C)CC1. The van der Waals surface area contributed by atoms with Gasteiger partial charge in [-0.15, -0.1) is 0 Å². The van der Waals surface area contributed by atoms with E-state index in [1.165, 1.54) is 28.4 Å².